The number of carbonyl (C=O) groups excluding carboxylic acids is 1. The van der Waals surface area contributed by atoms with Crippen molar-refractivity contribution in [3.8, 4) is 0 Å². The van der Waals surface area contributed by atoms with Gasteiger partial charge in [-0.3, -0.25) is 4.79 Å². The van der Waals surface area contributed by atoms with E-state index < -0.39 is 17.4 Å². The maximum Gasteiger partial charge on any atom is 0.454 e. The molecule has 1 unspecified atom stereocenters. The van der Waals surface area contributed by atoms with E-state index in [1.165, 1.54) is 17.2 Å². The van der Waals surface area contributed by atoms with Gasteiger partial charge in [0.1, 0.15) is 0 Å². The second-order valence-corrected chi connectivity index (χ2v) is 9.34. The van der Waals surface area contributed by atoms with Crippen molar-refractivity contribution in [2.24, 2.45) is 16.7 Å². The molecule has 0 aliphatic heterocycles. The summed E-state index contributed by atoms with van der Waals surface area (Å²) in [5, 5.41) is 0. The van der Waals surface area contributed by atoms with Crippen LogP contribution in [0.4, 0.5) is 13.2 Å². The molecule has 0 aromatic carbocycles. The number of hydrogen-bond donors (Lipinski definition) is 0. The first-order valence-electron chi connectivity index (χ1n) is 9.54. The van der Waals surface area contributed by atoms with E-state index >= 15 is 0 Å². The molecule has 0 radical (unpaired) electrons. The molecule has 4 heteroatoms. The van der Waals surface area contributed by atoms with Crippen LogP contribution in [0.3, 0.4) is 0 Å². The van der Waals surface area contributed by atoms with E-state index in [0.717, 1.165) is 32.1 Å². The molecule has 0 bridgehead atoms. The average molecular weight is 368 g/mol. The largest absolute Gasteiger partial charge is 0.454 e. The number of carbonyl (C=O) groups is 1. The normalized spacial score (nSPS) is 26.8. The van der Waals surface area contributed by atoms with Gasteiger partial charge in [-0.15, -0.1) is 0 Å². The van der Waals surface area contributed by atoms with E-state index in [4.69, 9.17) is 0 Å². The Kier molecular flexibility index (Phi) is 5.94. The van der Waals surface area contributed by atoms with Crippen LogP contribution in [-0.4, -0.2) is 12.0 Å². The molecular weight excluding hydrogens is 337 g/mol. The zero-order chi connectivity index (χ0) is 19.8. The van der Waals surface area contributed by atoms with Crippen LogP contribution in [0.2, 0.25) is 0 Å². The van der Waals surface area contributed by atoms with Crippen molar-refractivity contribution in [1.29, 1.82) is 0 Å². The van der Waals surface area contributed by atoms with Crippen molar-refractivity contribution in [2.75, 3.05) is 0 Å². The van der Waals surface area contributed by atoms with Crippen LogP contribution in [0.25, 0.3) is 0 Å². The summed E-state index contributed by atoms with van der Waals surface area (Å²) in [6.07, 6.45) is 6.07. The van der Waals surface area contributed by atoms with E-state index in [-0.39, 0.29) is 11.0 Å². The van der Waals surface area contributed by atoms with Crippen molar-refractivity contribution < 1.29 is 18.0 Å². The number of Topliss-reactive ketones (excluding diaryl/α,β-unsaturated/α-hetero) is 1. The summed E-state index contributed by atoms with van der Waals surface area (Å²) in [5.41, 5.74) is 1.97. The molecule has 1 nitrogen and oxygen atoms in total. The Morgan fingerprint density at radius 2 is 1.77 bits per heavy atom. The van der Waals surface area contributed by atoms with E-state index in [1.54, 1.807) is 19.9 Å². The van der Waals surface area contributed by atoms with Crippen LogP contribution in [-0.2, 0) is 4.79 Å². The second-order valence-electron chi connectivity index (χ2n) is 9.34. The average Bonchev–Trinajstić information content (AvgIpc) is 2.49. The van der Waals surface area contributed by atoms with Gasteiger partial charge in [0.2, 0.25) is 0 Å². The number of ketones is 1. The molecular formula is C22H31F3O. The Morgan fingerprint density at radius 1 is 1.12 bits per heavy atom. The lowest BCUT2D eigenvalue weighted by Gasteiger charge is -2.33. The van der Waals surface area contributed by atoms with Crippen LogP contribution >= 0.6 is 0 Å². The third kappa shape index (κ3) is 4.89. The van der Waals surface area contributed by atoms with E-state index in [9.17, 15) is 18.0 Å². The monoisotopic (exact) mass is 368 g/mol. The molecule has 0 spiro atoms. The second kappa shape index (κ2) is 7.36. The smallest absolute Gasteiger partial charge is 0.284 e. The summed E-state index contributed by atoms with van der Waals surface area (Å²) in [7, 11) is 0. The first-order valence-corrected chi connectivity index (χ1v) is 9.54. The fourth-order valence-corrected chi connectivity index (χ4v) is 4.10. The number of hydrogen-bond acceptors (Lipinski definition) is 1. The summed E-state index contributed by atoms with van der Waals surface area (Å²) in [5.74, 6) is -1.32. The van der Waals surface area contributed by atoms with Gasteiger partial charge in [-0.25, -0.2) is 0 Å². The van der Waals surface area contributed by atoms with Gasteiger partial charge in [0.15, 0.2) is 0 Å². The molecule has 0 saturated heterocycles. The third-order valence-corrected chi connectivity index (χ3v) is 5.86. The Labute approximate surface area is 155 Å². The van der Waals surface area contributed by atoms with Gasteiger partial charge in [0.05, 0.1) is 0 Å². The zero-order valence-corrected chi connectivity index (χ0v) is 16.6. The van der Waals surface area contributed by atoms with Crippen LogP contribution in [0, 0.1) is 16.7 Å². The molecule has 0 aromatic rings. The summed E-state index contributed by atoms with van der Waals surface area (Å²) >= 11 is 0. The van der Waals surface area contributed by atoms with Gasteiger partial charge < -0.3 is 0 Å². The topological polar surface area (TPSA) is 17.1 Å². The highest BCUT2D eigenvalue weighted by molar-refractivity contribution is 6.00. The van der Waals surface area contributed by atoms with Crippen molar-refractivity contribution >= 4 is 5.78 Å². The maximum atomic E-state index is 13.0. The molecule has 0 N–H and O–H groups in total. The quantitative estimate of drug-likeness (QED) is 0.482. The highest BCUT2D eigenvalue weighted by Crippen LogP contribution is 2.42. The standard InChI is InChI=1S/C22H31F3O/c1-20(2,3)17-11-8-16(9-12-17)15-7-6-14-21(4,5)18(13-10-15)19(26)22(23,24)25/h10-11,13,16H,6-9,12,14H2,1-5H3/b15-10?,18-13-. The van der Waals surface area contributed by atoms with Crippen molar-refractivity contribution in [3.63, 3.8) is 0 Å². The molecule has 146 valence electrons. The predicted molar refractivity (Wildman–Crippen MR) is 99.7 cm³/mol. The lowest BCUT2D eigenvalue weighted by Crippen LogP contribution is -2.32. The van der Waals surface area contributed by atoms with Gasteiger partial charge in [-0.2, -0.15) is 13.2 Å². The first-order chi connectivity index (χ1) is 11.8. The van der Waals surface area contributed by atoms with Gasteiger partial charge in [-0.1, -0.05) is 64.0 Å². The fourth-order valence-electron chi connectivity index (χ4n) is 4.10. The highest BCUT2D eigenvalue weighted by Gasteiger charge is 2.45. The minimum Gasteiger partial charge on any atom is -0.284 e. The lowest BCUT2D eigenvalue weighted by atomic mass is 9.72. The molecule has 0 heterocycles. The number of halogens is 3. The minimum atomic E-state index is -4.81. The first kappa shape index (κ1) is 21.0. The molecule has 0 aromatic heterocycles. The molecule has 1 atom stereocenters. The molecule has 26 heavy (non-hydrogen) atoms. The molecule has 0 saturated carbocycles. The van der Waals surface area contributed by atoms with Crippen LogP contribution in [0.5, 0.6) is 0 Å². The van der Waals surface area contributed by atoms with Crippen molar-refractivity contribution in [3.05, 3.63) is 34.9 Å². The van der Waals surface area contributed by atoms with Gasteiger partial charge in [0, 0.05) is 5.57 Å². The molecule has 0 fully saturated rings. The van der Waals surface area contributed by atoms with Gasteiger partial charge in [0.25, 0.3) is 5.78 Å². The van der Waals surface area contributed by atoms with E-state index in [0.29, 0.717) is 12.3 Å². The minimum absolute atomic E-state index is 0.107. The molecule has 2 rings (SSSR count). The van der Waals surface area contributed by atoms with Gasteiger partial charge >= 0.3 is 6.18 Å². The predicted octanol–water partition coefficient (Wildman–Crippen LogP) is 6.95. The summed E-state index contributed by atoms with van der Waals surface area (Å²) < 4.78 is 39.0. The Hall–Kier alpha value is -1.32. The lowest BCUT2D eigenvalue weighted by molar-refractivity contribution is -0.167. The SMILES string of the molecule is CC(C)(C)C1=CCC(C2=C/C=C(/C(=O)C(F)(F)F)C(C)(C)CCC2)CC1. The molecule has 0 amide bonds. The number of allylic oxidation sites excluding steroid dienone is 6. The Bertz CT molecular complexity index is 639. The van der Waals surface area contributed by atoms with Crippen molar-refractivity contribution in [2.45, 2.75) is 79.3 Å². The third-order valence-electron chi connectivity index (χ3n) is 5.86. The highest BCUT2D eigenvalue weighted by atomic mass is 19.4. The summed E-state index contributed by atoms with van der Waals surface area (Å²) in [6.45, 7) is 10.1. The molecule has 2 aliphatic rings. The number of alkyl halides is 3. The van der Waals surface area contributed by atoms with Crippen LogP contribution in [0.15, 0.2) is 34.9 Å². The zero-order valence-electron chi connectivity index (χ0n) is 16.6. The van der Waals surface area contributed by atoms with Crippen molar-refractivity contribution in [1.82, 2.24) is 0 Å². The van der Waals surface area contributed by atoms with E-state index in [1.807, 2.05) is 0 Å². The summed E-state index contributed by atoms with van der Waals surface area (Å²) in [4.78, 5) is 11.9. The Morgan fingerprint density at radius 3 is 2.27 bits per heavy atom. The fraction of sp³-hybridized carbons (Fsp3) is 0.682. The van der Waals surface area contributed by atoms with E-state index in [2.05, 4.69) is 26.8 Å². The molecule has 2 aliphatic carbocycles. The van der Waals surface area contributed by atoms with Crippen LogP contribution in [0.1, 0.15) is 73.1 Å². The Balaban J connectivity index is 2.29. The van der Waals surface area contributed by atoms with Gasteiger partial charge in [-0.05, 0) is 55.3 Å². The maximum absolute atomic E-state index is 13.0. The summed E-state index contributed by atoms with van der Waals surface area (Å²) in [6, 6.07) is 0. The number of rotatable bonds is 2. The van der Waals surface area contributed by atoms with Crippen LogP contribution < -0.4 is 0 Å².